The first-order chi connectivity index (χ1) is 16.8. The first-order valence-corrected chi connectivity index (χ1v) is 12.6. The fraction of sp³-hybridized carbons (Fsp3) is 0.444. The van der Waals surface area contributed by atoms with Gasteiger partial charge >= 0.3 is 6.03 Å². The SMILES string of the molecule is CN(C)CCN1C(=O)N[C@@](CCc2ccccc2)(C2CCN(C(=O)c3ccc(Cl)cc3)CC2)C1=O. The molecule has 7 nitrogen and oxygen atoms in total. The van der Waals surface area contributed by atoms with Crippen LogP contribution in [0.5, 0.6) is 0 Å². The second-order valence-corrected chi connectivity index (χ2v) is 10.2. The lowest BCUT2D eigenvalue weighted by molar-refractivity contribution is -0.134. The number of benzene rings is 2. The molecule has 2 aliphatic rings. The minimum Gasteiger partial charge on any atom is -0.339 e. The molecule has 186 valence electrons. The van der Waals surface area contributed by atoms with Gasteiger partial charge in [-0.05, 0) is 75.5 Å². The molecule has 4 amide bonds. The van der Waals surface area contributed by atoms with Crippen molar-refractivity contribution in [3.8, 4) is 0 Å². The summed E-state index contributed by atoms with van der Waals surface area (Å²) in [6.45, 7) is 2.06. The van der Waals surface area contributed by atoms with Gasteiger partial charge in [-0.25, -0.2) is 4.79 Å². The molecular weight excluding hydrogens is 464 g/mol. The smallest absolute Gasteiger partial charge is 0.325 e. The molecular formula is C27H33ClN4O3. The van der Waals surface area contributed by atoms with Crippen molar-refractivity contribution >= 4 is 29.4 Å². The normalized spacial score (nSPS) is 21.0. The number of likely N-dealkylation sites (tertiary alicyclic amines) is 1. The Morgan fingerprint density at radius 1 is 1.06 bits per heavy atom. The number of nitrogens with one attached hydrogen (secondary N) is 1. The van der Waals surface area contributed by atoms with E-state index in [0.29, 0.717) is 62.4 Å². The minimum absolute atomic E-state index is 0.0344. The molecule has 2 saturated heterocycles. The number of nitrogens with zero attached hydrogens (tertiary/aromatic N) is 3. The molecule has 0 spiro atoms. The number of rotatable bonds is 8. The van der Waals surface area contributed by atoms with E-state index in [9.17, 15) is 14.4 Å². The Labute approximate surface area is 212 Å². The molecule has 2 fully saturated rings. The van der Waals surface area contributed by atoms with E-state index < -0.39 is 5.54 Å². The number of amides is 4. The average Bonchev–Trinajstić information content (AvgIpc) is 3.11. The number of likely N-dealkylation sites (N-methyl/N-ethyl adjacent to an activating group) is 1. The van der Waals surface area contributed by atoms with Crippen LogP contribution >= 0.6 is 11.6 Å². The van der Waals surface area contributed by atoms with Crippen LogP contribution in [0.4, 0.5) is 4.79 Å². The van der Waals surface area contributed by atoms with Gasteiger partial charge < -0.3 is 15.1 Å². The van der Waals surface area contributed by atoms with E-state index in [0.717, 1.165) is 5.56 Å². The number of piperidine rings is 1. The Balaban J connectivity index is 1.51. The Morgan fingerprint density at radius 2 is 1.71 bits per heavy atom. The monoisotopic (exact) mass is 496 g/mol. The Morgan fingerprint density at radius 3 is 2.34 bits per heavy atom. The number of carbonyl (C=O) groups excluding carboxylic acids is 3. The highest BCUT2D eigenvalue weighted by Gasteiger charge is 2.55. The van der Waals surface area contributed by atoms with E-state index in [4.69, 9.17) is 11.6 Å². The second kappa shape index (κ2) is 10.8. The van der Waals surface area contributed by atoms with E-state index in [1.54, 1.807) is 24.3 Å². The molecule has 2 heterocycles. The van der Waals surface area contributed by atoms with Crippen LogP contribution in [-0.4, -0.2) is 78.4 Å². The molecule has 0 bridgehead atoms. The van der Waals surface area contributed by atoms with Crippen molar-refractivity contribution < 1.29 is 14.4 Å². The van der Waals surface area contributed by atoms with E-state index in [1.165, 1.54) is 4.90 Å². The molecule has 0 unspecified atom stereocenters. The van der Waals surface area contributed by atoms with Gasteiger partial charge in [-0.2, -0.15) is 0 Å². The second-order valence-electron chi connectivity index (χ2n) is 9.72. The molecule has 0 aliphatic carbocycles. The third-order valence-corrected chi connectivity index (χ3v) is 7.45. The number of halogens is 1. The predicted molar refractivity (Wildman–Crippen MR) is 136 cm³/mol. The maximum atomic E-state index is 13.8. The fourth-order valence-electron chi connectivity index (χ4n) is 5.13. The highest BCUT2D eigenvalue weighted by Crippen LogP contribution is 2.37. The molecule has 35 heavy (non-hydrogen) atoms. The maximum Gasteiger partial charge on any atom is 0.325 e. The van der Waals surface area contributed by atoms with Crippen molar-refractivity contribution in [2.75, 3.05) is 40.3 Å². The van der Waals surface area contributed by atoms with Crippen LogP contribution in [0.15, 0.2) is 54.6 Å². The summed E-state index contributed by atoms with van der Waals surface area (Å²) in [5, 5.41) is 3.71. The third kappa shape index (κ3) is 5.52. The van der Waals surface area contributed by atoms with Gasteiger partial charge in [-0.1, -0.05) is 41.9 Å². The lowest BCUT2D eigenvalue weighted by Gasteiger charge is -2.41. The summed E-state index contributed by atoms with van der Waals surface area (Å²) in [5.74, 6) is -0.211. The lowest BCUT2D eigenvalue weighted by Crippen LogP contribution is -2.57. The number of carbonyl (C=O) groups is 3. The largest absolute Gasteiger partial charge is 0.339 e. The average molecular weight is 497 g/mol. The number of hydrogen-bond donors (Lipinski definition) is 1. The van der Waals surface area contributed by atoms with E-state index in [-0.39, 0.29) is 23.8 Å². The number of aryl methyl sites for hydroxylation is 1. The Hall–Kier alpha value is -2.90. The van der Waals surface area contributed by atoms with Gasteiger partial charge in [0.25, 0.3) is 11.8 Å². The molecule has 2 aliphatic heterocycles. The first kappa shape index (κ1) is 25.2. The van der Waals surface area contributed by atoms with Gasteiger partial charge in [0.1, 0.15) is 5.54 Å². The first-order valence-electron chi connectivity index (χ1n) is 12.2. The van der Waals surface area contributed by atoms with Crippen LogP contribution in [0.25, 0.3) is 0 Å². The van der Waals surface area contributed by atoms with Crippen molar-refractivity contribution in [1.29, 1.82) is 0 Å². The van der Waals surface area contributed by atoms with Crippen LogP contribution in [0, 0.1) is 5.92 Å². The molecule has 1 N–H and O–H groups in total. The van der Waals surface area contributed by atoms with Crippen LogP contribution in [0.2, 0.25) is 5.02 Å². The molecule has 0 radical (unpaired) electrons. The van der Waals surface area contributed by atoms with E-state index >= 15 is 0 Å². The zero-order valence-corrected chi connectivity index (χ0v) is 21.1. The van der Waals surface area contributed by atoms with Gasteiger partial charge in [0.2, 0.25) is 0 Å². The number of hydrogen-bond acceptors (Lipinski definition) is 4. The van der Waals surface area contributed by atoms with Crippen molar-refractivity contribution in [1.82, 2.24) is 20.0 Å². The zero-order valence-electron chi connectivity index (χ0n) is 20.4. The summed E-state index contributed by atoms with van der Waals surface area (Å²) >= 11 is 5.96. The summed E-state index contributed by atoms with van der Waals surface area (Å²) in [6.07, 6.45) is 2.54. The van der Waals surface area contributed by atoms with E-state index in [1.807, 2.05) is 54.2 Å². The van der Waals surface area contributed by atoms with Gasteiger partial charge in [0.05, 0.1) is 0 Å². The fourth-order valence-corrected chi connectivity index (χ4v) is 5.26. The van der Waals surface area contributed by atoms with Crippen LogP contribution in [0.3, 0.4) is 0 Å². The predicted octanol–water partition coefficient (Wildman–Crippen LogP) is 3.68. The molecule has 8 heteroatoms. The van der Waals surface area contributed by atoms with Crippen molar-refractivity contribution in [3.63, 3.8) is 0 Å². The summed E-state index contributed by atoms with van der Waals surface area (Å²) in [5.41, 5.74) is 0.789. The van der Waals surface area contributed by atoms with Gasteiger partial charge in [0.15, 0.2) is 0 Å². The standard InChI is InChI=1S/C27H33ClN4O3/c1-30(2)18-19-32-25(34)27(29-26(32)35,15-12-20-6-4-3-5-7-20)22-13-16-31(17-14-22)24(33)21-8-10-23(28)11-9-21/h3-11,22H,12-19H2,1-2H3,(H,29,35)/t27-/m0/s1. The molecule has 1 atom stereocenters. The highest BCUT2D eigenvalue weighted by molar-refractivity contribution is 6.30. The maximum absolute atomic E-state index is 13.8. The third-order valence-electron chi connectivity index (χ3n) is 7.19. The van der Waals surface area contributed by atoms with Crippen molar-refractivity contribution in [2.45, 2.75) is 31.2 Å². The van der Waals surface area contributed by atoms with Gasteiger partial charge in [-0.15, -0.1) is 0 Å². The Kier molecular flexibility index (Phi) is 7.77. The summed E-state index contributed by atoms with van der Waals surface area (Å²) in [7, 11) is 3.85. The summed E-state index contributed by atoms with van der Waals surface area (Å²) in [6, 6.07) is 16.6. The van der Waals surface area contributed by atoms with Crippen LogP contribution in [0.1, 0.15) is 35.2 Å². The molecule has 0 saturated carbocycles. The van der Waals surface area contributed by atoms with Gasteiger partial charge in [0, 0.05) is 36.8 Å². The van der Waals surface area contributed by atoms with Crippen LogP contribution in [-0.2, 0) is 11.2 Å². The minimum atomic E-state index is -0.950. The number of imide groups is 1. The van der Waals surface area contributed by atoms with E-state index in [2.05, 4.69) is 5.32 Å². The quantitative estimate of drug-likeness (QED) is 0.566. The molecule has 0 aromatic heterocycles. The molecule has 4 rings (SSSR count). The van der Waals surface area contributed by atoms with Crippen molar-refractivity contribution in [3.05, 3.63) is 70.7 Å². The topological polar surface area (TPSA) is 73.0 Å². The Bertz CT molecular complexity index is 1050. The summed E-state index contributed by atoms with van der Waals surface area (Å²) < 4.78 is 0. The van der Waals surface area contributed by atoms with Gasteiger partial charge in [-0.3, -0.25) is 14.5 Å². The highest BCUT2D eigenvalue weighted by atomic mass is 35.5. The number of urea groups is 1. The molecule has 2 aromatic carbocycles. The lowest BCUT2D eigenvalue weighted by atomic mass is 9.74. The summed E-state index contributed by atoms with van der Waals surface area (Å²) in [4.78, 5) is 44.9. The van der Waals surface area contributed by atoms with Crippen molar-refractivity contribution in [2.24, 2.45) is 5.92 Å². The zero-order chi connectivity index (χ0) is 25.0. The molecule has 2 aromatic rings. The van der Waals surface area contributed by atoms with Crippen LogP contribution < -0.4 is 5.32 Å².